The van der Waals surface area contributed by atoms with E-state index in [0.717, 1.165) is 6.54 Å². The van der Waals surface area contributed by atoms with Crippen LogP contribution in [0.25, 0.3) is 0 Å². The first-order valence-corrected chi connectivity index (χ1v) is 7.01. The van der Waals surface area contributed by atoms with Crippen LogP contribution in [0.1, 0.15) is 45.7 Å². The van der Waals surface area contributed by atoms with Gasteiger partial charge in [-0.2, -0.15) is 0 Å². The van der Waals surface area contributed by atoms with Crippen molar-refractivity contribution in [2.45, 2.75) is 40.2 Å². The monoisotopic (exact) mass is 331 g/mol. The van der Waals surface area contributed by atoms with Crippen molar-refractivity contribution >= 4 is 22.6 Å². The van der Waals surface area contributed by atoms with E-state index in [1.165, 1.54) is 15.6 Å². The van der Waals surface area contributed by atoms with Crippen molar-refractivity contribution in [3.8, 4) is 0 Å². The Labute approximate surface area is 113 Å². The molecule has 2 heteroatoms. The molecule has 0 amide bonds. The summed E-state index contributed by atoms with van der Waals surface area (Å²) in [7, 11) is 0. The molecule has 0 saturated heterocycles. The second-order valence-corrected chi connectivity index (χ2v) is 6.42. The number of rotatable bonds is 5. The Kier molecular flexibility index (Phi) is 5.25. The van der Waals surface area contributed by atoms with Crippen LogP contribution in [0.15, 0.2) is 24.3 Å². The van der Waals surface area contributed by atoms with Crippen LogP contribution in [-0.4, -0.2) is 6.54 Å². The zero-order valence-corrected chi connectivity index (χ0v) is 12.8. The molecular formula is C14H22IN. The van der Waals surface area contributed by atoms with Crippen LogP contribution < -0.4 is 5.32 Å². The van der Waals surface area contributed by atoms with Gasteiger partial charge in [0.2, 0.25) is 0 Å². The molecule has 0 spiro atoms. The molecule has 0 aliphatic rings. The molecule has 0 heterocycles. The summed E-state index contributed by atoms with van der Waals surface area (Å²) < 4.78 is 1.29. The Bertz CT molecular complexity index is 316. The molecule has 0 fully saturated rings. The zero-order chi connectivity index (χ0) is 12.2. The normalized spacial score (nSPS) is 13.8. The van der Waals surface area contributed by atoms with Crippen molar-refractivity contribution in [2.75, 3.05) is 6.54 Å². The predicted octanol–water partition coefficient (Wildman–Crippen LogP) is 4.38. The van der Waals surface area contributed by atoms with Crippen molar-refractivity contribution in [1.29, 1.82) is 0 Å². The summed E-state index contributed by atoms with van der Waals surface area (Å²) >= 11 is 2.34. The largest absolute Gasteiger partial charge is 0.310 e. The molecule has 1 aromatic carbocycles. The molecule has 1 aromatic rings. The fourth-order valence-electron chi connectivity index (χ4n) is 1.42. The summed E-state index contributed by atoms with van der Waals surface area (Å²) in [4.78, 5) is 0. The summed E-state index contributed by atoms with van der Waals surface area (Å²) in [6.07, 6.45) is 1.21. The highest BCUT2D eigenvalue weighted by Gasteiger charge is 2.16. The summed E-state index contributed by atoms with van der Waals surface area (Å²) in [5, 5.41) is 3.61. The first kappa shape index (κ1) is 14.0. The van der Waals surface area contributed by atoms with Crippen LogP contribution in [-0.2, 0) is 0 Å². The van der Waals surface area contributed by atoms with Gasteiger partial charge in [0.25, 0.3) is 0 Å². The van der Waals surface area contributed by atoms with E-state index in [4.69, 9.17) is 0 Å². The van der Waals surface area contributed by atoms with Crippen LogP contribution in [0.2, 0.25) is 0 Å². The lowest BCUT2D eigenvalue weighted by Crippen LogP contribution is -2.30. The van der Waals surface area contributed by atoms with Crippen molar-refractivity contribution in [2.24, 2.45) is 5.41 Å². The van der Waals surface area contributed by atoms with Gasteiger partial charge >= 0.3 is 0 Å². The van der Waals surface area contributed by atoms with Gasteiger partial charge in [-0.15, -0.1) is 0 Å². The lowest BCUT2D eigenvalue weighted by Gasteiger charge is -2.26. The SMILES string of the molecule is CCC(C)(C)CNC(C)c1ccc(I)cc1. The van der Waals surface area contributed by atoms with Crippen LogP contribution in [0.4, 0.5) is 0 Å². The highest BCUT2D eigenvalue weighted by molar-refractivity contribution is 14.1. The standard InChI is InChI=1S/C14H22IN/c1-5-14(3,4)10-16-11(2)12-6-8-13(15)9-7-12/h6-9,11,16H,5,10H2,1-4H3. The van der Waals surface area contributed by atoms with Gasteiger partial charge in [-0.3, -0.25) is 0 Å². The summed E-state index contributed by atoms with van der Waals surface area (Å²) in [6.45, 7) is 10.2. The number of nitrogens with one attached hydrogen (secondary N) is 1. The lowest BCUT2D eigenvalue weighted by molar-refractivity contribution is 0.314. The fourth-order valence-corrected chi connectivity index (χ4v) is 1.78. The second kappa shape index (κ2) is 6.01. The van der Waals surface area contributed by atoms with E-state index in [0.29, 0.717) is 11.5 Å². The van der Waals surface area contributed by atoms with Gasteiger partial charge in [0, 0.05) is 16.2 Å². The molecule has 1 rings (SSSR count). The molecule has 0 aliphatic carbocycles. The van der Waals surface area contributed by atoms with Crippen molar-refractivity contribution in [3.05, 3.63) is 33.4 Å². The van der Waals surface area contributed by atoms with Gasteiger partial charge < -0.3 is 5.32 Å². The average molecular weight is 331 g/mol. The van der Waals surface area contributed by atoms with Crippen molar-refractivity contribution in [3.63, 3.8) is 0 Å². The lowest BCUT2D eigenvalue weighted by atomic mass is 9.90. The third-order valence-electron chi connectivity index (χ3n) is 3.21. The van der Waals surface area contributed by atoms with Crippen LogP contribution in [0, 0.1) is 8.99 Å². The van der Waals surface area contributed by atoms with E-state index in [2.05, 4.69) is 79.9 Å². The molecule has 1 N–H and O–H groups in total. The van der Waals surface area contributed by atoms with Crippen molar-refractivity contribution < 1.29 is 0 Å². The maximum atomic E-state index is 3.61. The summed E-state index contributed by atoms with van der Waals surface area (Å²) in [5.41, 5.74) is 1.75. The second-order valence-electron chi connectivity index (χ2n) is 5.17. The minimum atomic E-state index is 0.386. The molecule has 0 saturated carbocycles. The smallest absolute Gasteiger partial charge is 0.0292 e. The van der Waals surface area contributed by atoms with Gasteiger partial charge in [-0.25, -0.2) is 0 Å². The minimum absolute atomic E-state index is 0.386. The quantitative estimate of drug-likeness (QED) is 0.790. The van der Waals surface area contributed by atoms with Gasteiger partial charge in [-0.05, 0) is 59.0 Å². The van der Waals surface area contributed by atoms with Gasteiger partial charge in [0.15, 0.2) is 0 Å². The van der Waals surface area contributed by atoms with Gasteiger partial charge in [0.1, 0.15) is 0 Å². The minimum Gasteiger partial charge on any atom is -0.310 e. The van der Waals surface area contributed by atoms with E-state index >= 15 is 0 Å². The Morgan fingerprint density at radius 3 is 2.31 bits per heavy atom. The Morgan fingerprint density at radius 2 is 1.81 bits per heavy atom. The highest BCUT2D eigenvalue weighted by atomic mass is 127. The van der Waals surface area contributed by atoms with E-state index in [-0.39, 0.29) is 0 Å². The van der Waals surface area contributed by atoms with Gasteiger partial charge in [0.05, 0.1) is 0 Å². The molecule has 0 radical (unpaired) electrons. The van der Waals surface area contributed by atoms with Crippen molar-refractivity contribution in [1.82, 2.24) is 5.32 Å². The molecule has 0 aromatic heterocycles. The maximum absolute atomic E-state index is 3.61. The van der Waals surface area contributed by atoms with Gasteiger partial charge in [-0.1, -0.05) is 32.9 Å². The Hall–Kier alpha value is -0.0900. The predicted molar refractivity (Wildman–Crippen MR) is 79.6 cm³/mol. The molecule has 1 unspecified atom stereocenters. The number of benzene rings is 1. The molecule has 1 atom stereocenters. The van der Waals surface area contributed by atoms with E-state index in [1.54, 1.807) is 0 Å². The maximum Gasteiger partial charge on any atom is 0.0292 e. The Morgan fingerprint density at radius 1 is 1.25 bits per heavy atom. The van der Waals surface area contributed by atoms with E-state index in [9.17, 15) is 0 Å². The summed E-state index contributed by atoms with van der Waals surface area (Å²) in [5.74, 6) is 0. The van der Waals surface area contributed by atoms with Crippen LogP contribution >= 0.6 is 22.6 Å². The fraction of sp³-hybridized carbons (Fsp3) is 0.571. The first-order chi connectivity index (χ1) is 7.44. The van der Waals surface area contributed by atoms with E-state index < -0.39 is 0 Å². The van der Waals surface area contributed by atoms with E-state index in [1.807, 2.05) is 0 Å². The molecule has 1 nitrogen and oxygen atoms in total. The number of hydrogen-bond donors (Lipinski definition) is 1. The Balaban J connectivity index is 2.53. The number of hydrogen-bond acceptors (Lipinski definition) is 1. The first-order valence-electron chi connectivity index (χ1n) is 5.93. The topological polar surface area (TPSA) is 12.0 Å². The van der Waals surface area contributed by atoms with Crippen LogP contribution in [0.5, 0.6) is 0 Å². The highest BCUT2D eigenvalue weighted by Crippen LogP contribution is 2.20. The third kappa shape index (κ3) is 4.42. The molecular weight excluding hydrogens is 309 g/mol. The molecule has 16 heavy (non-hydrogen) atoms. The molecule has 0 bridgehead atoms. The average Bonchev–Trinajstić information content (AvgIpc) is 2.27. The molecule has 0 aliphatic heterocycles. The zero-order valence-electron chi connectivity index (χ0n) is 10.7. The summed E-state index contributed by atoms with van der Waals surface area (Å²) in [6, 6.07) is 9.18. The third-order valence-corrected chi connectivity index (χ3v) is 3.93. The van der Waals surface area contributed by atoms with Crippen LogP contribution in [0.3, 0.4) is 0 Å². The molecule has 90 valence electrons. The number of halogens is 1.